The Hall–Kier alpha value is -1.10. The number of aliphatic hydroxyl groups is 1. The SMILES string of the molecule is CC(O)(CC1CCC1)c1cnccc1C(F)(F)F. The maximum absolute atomic E-state index is 12.9. The summed E-state index contributed by atoms with van der Waals surface area (Å²) in [7, 11) is 0. The van der Waals surface area contributed by atoms with Crippen molar-refractivity contribution in [1.82, 2.24) is 4.98 Å². The molecule has 18 heavy (non-hydrogen) atoms. The molecule has 1 fully saturated rings. The van der Waals surface area contributed by atoms with E-state index in [4.69, 9.17) is 0 Å². The minimum Gasteiger partial charge on any atom is -0.385 e. The number of aromatic nitrogens is 1. The highest BCUT2D eigenvalue weighted by Crippen LogP contribution is 2.42. The fourth-order valence-electron chi connectivity index (χ4n) is 2.44. The van der Waals surface area contributed by atoms with Crippen molar-refractivity contribution in [3.05, 3.63) is 29.6 Å². The van der Waals surface area contributed by atoms with Crippen LogP contribution < -0.4 is 0 Å². The van der Waals surface area contributed by atoms with E-state index in [1.165, 1.54) is 6.92 Å². The van der Waals surface area contributed by atoms with E-state index in [1.54, 1.807) is 0 Å². The first-order chi connectivity index (χ1) is 8.31. The Bertz CT molecular complexity index is 424. The van der Waals surface area contributed by atoms with E-state index in [1.807, 2.05) is 0 Å². The highest BCUT2D eigenvalue weighted by molar-refractivity contribution is 5.31. The van der Waals surface area contributed by atoms with Crippen LogP contribution in [0.15, 0.2) is 18.5 Å². The first-order valence-corrected chi connectivity index (χ1v) is 6.05. The number of nitrogens with zero attached hydrogens (tertiary/aromatic N) is 1. The second-order valence-electron chi connectivity index (χ2n) is 5.19. The monoisotopic (exact) mass is 259 g/mol. The smallest absolute Gasteiger partial charge is 0.385 e. The normalized spacial score (nSPS) is 20.3. The van der Waals surface area contributed by atoms with Crippen molar-refractivity contribution in [3.8, 4) is 0 Å². The Balaban J connectivity index is 2.30. The molecule has 2 rings (SSSR count). The summed E-state index contributed by atoms with van der Waals surface area (Å²) in [6.07, 6.45) is 1.20. The molecule has 0 aliphatic heterocycles. The average molecular weight is 259 g/mol. The Morgan fingerprint density at radius 2 is 2.00 bits per heavy atom. The molecular formula is C13H16F3NO. The third kappa shape index (κ3) is 2.66. The summed E-state index contributed by atoms with van der Waals surface area (Å²) in [5.41, 5.74) is -2.38. The Labute approximate surface area is 104 Å². The van der Waals surface area contributed by atoms with Crippen LogP contribution in [0.4, 0.5) is 13.2 Å². The summed E-state index contributed by atoms with van der Waals surface area (Å²) in [5, 5.41) is 10.3. The molecule has 0 amide bonds. The molecule has 1 heterocycles. The molecule has 0 bridgehead atoms. The first kappa shape index (κ1) is 13.3. The van der Waals surface area contributed by atoms with E-state index in [2.05, 4.69) is 4.98 Å². The summed E-state index contributed by atoms with van der Waals surface area (Å²) in [4.78, 5) is 3.72. The van der Waals surface area contributed by atoms with E-state index in [0.29, 0.717) is 12.3 Å². The number of hydrogen-bond acceptors (Lipinski definition) is 2. The Morgan fingerprint density at radius 3 is 2.50 bits per heavy atom. The van der Waals surface area contributed by atoms with Gasteiger partial charge >= 0.3 is 6.18 Å². The number of hydrogen-bond donors (Lipinski definition) is 1. The van der Waals surface area contributed by atoms with Gasteiger partial charge in [-0.2, -0.15) is 13.2 Å². The molecule has 100 valence electrons. The molecule has 1 aromatic heterocycles. The molecule has 1 aliphatic rings. The van der Waals surface area contributed by atoms with E-state index in [-0.39, 0.29) is 5.56 Å². The quantitative estimate of drug-likeness (QED) is 0.901. The summed E-state index contributed by atoms with van der Waals surface area (Å²) in [6, 6.07) is 0.921. The van der Waals surface area contributed by atoms with Gasteiger partial charge < -0.3 is 5.11 Å². The van der Waals surface area contributed by atoms with Crippen LogP contribution in [0.25, 0.3) is 0 Å². The van der Waals surface area contributed by atoms with Crippen LogP contribution >= 0.6 is 0 Å². The lowest BCUT2D eigenvalue weighted by Gasteiger charge is -2.34. The zero-order valence-electron chi connectivity index (χ0n) is 10.2. The van der Waals surface area contributed by atoms with Crippen LogP contribution in [-0.2, 0) is 11.8 Å². The van der Waals surface area contributed by atoms with Crippen LogP contribution in [0.3, 0.4) is 0 Å². The first-order valence-electron chi connectivity index (χ1n) is 6.05. The third-order valence-electron chi connectivity index (χ3n) is 3.62. The summed E-state index contributed by atoms with van der Waals surface area (Å²) in [5.74, 6) is 0.321. The number of alkyl halides is 3. The lowest BCUT2D eigenvalue weighted by Crippen LogP contribution is -2.30. The molecule has 1 saturated carbocycles. The van der Waals surface area contributed by atoms with Gasteiger partial charge in [0.1, 0.15) is 0 Å². The largest absolute Gasteiger partial charge is 0.416 e. The molecule has 5 heteroatoms. The third-order valence-corrected chi connectivity index (χ3v) is 3.62. The summed E-state index contributed by atoms with van der Waals surface area (Å²) >= 11 is 0. The van der Waals surface area contributed by atoms with Gasteiger partial charge in [-0.05, 0) is 25.3 Å². The van der Waals surface area contributed by atoms with Crippen LogP contribution in [-0.4, -0.2) is 10.1 Å². The van der Waals surface area contributed by atoms with E-state index in [9.17, 15) is 18.3 Å². The predicted molar refractivity (Wildman–Crippen MR) is 60.8 cm³/mol. The maximum Gasteiger partial charge on any atom is 0.416 e. The maximum atomic E-state index is 12.9. The van der Waals surface area contributed by atoms with Gasteiger partial charge in [-0.3, -0.25) is 4.98 Å². The zero-order chi connectivity index (χ0) is 13.4. The van der Waals surface area contributed by atoms with E-state index >= 15 is 0 Å². The molecule has 2 nitrogen and oxygen atoms in total. The lowest BCUT2D eigenvalue weighted by atomic mass is 9.75. The van der Waals surface area contributed by atoms with Crippen molar-refractivity contribution in [2.45, 2.75) is 44.4 Å². The molecule has 1 unspecified atom stereocenters. The molecule has 0 aromatic carbocycles. The van der Waals surface area contributed by atoms with Gasteiger partial charge in [-0.1, -0.05) is 19.3 Å². The van der Waals surface area contributed by atoms with Gasteiger partial charge in [-0.25, -0.2) is 0 Å². The molecule has 0 saturated heterocycles. The molecular weight excluding hydrogens is 243 g/mol. The molecule has 0 spiro atoms. The molecule has 1 atom stereocenters. The Morgan fingerprint density at radius 1 is 1.33 bits per heavy atom. The van der Waals surface area contributed by atoms with Gasteiger partial charge in [-0.15, -0.1) is 0 Å². The summed E-state index contributed by atoms with van der Waals surface area (Å²) < 4.78 is 38.6. The number of pyridine rings is 1. The average Bonchev–Trinajstić information content (AvgIpc) is 2.23. The van der Waals surface area contributed by atoms with E-state index < -0.39 is 17.3 Å². The van der Waals surface area contributed by atoms with Gasteiger partial charge in [0.2, 0.25) is 0 Å². The molecule has 0 radical (unpaired) electrons. The van der Waals surface area contributed by atoms with Gasteiger partial charge in [0.15, 0.2) is 0 Å². The zero-order valence-corrected chi connectivity index (χ0v) is 10.2. The molecule has 1 aromatic rings. The highest BCUT2D eigenvalue weighted by atomic mass is 19.4. The predicted octanol–water partition coefficient (Wildman–Crippen LogP) is 3.50. The molecule has 1 aliphatic carbocycles. The fourth-order valence-corrected chi connectivity index (χ4v) is 2.44. The van der Waals surface area contributed by atoms with Crippen LogP contribution in [0.2, 0.25) is 0 Å². The van der Waals surface area contributed by atoms with Gasteiger partial charge in [0.05, 0.1) is 11.2 Å². The number of halogens is 3. The highest BCUT2D eigenvalue weighted by Gasteiger charge is 2.40. The molecule has 1 N–H and O–H groups in total. The lowest BCUT2D eigenvalue weighted by molar-refractivity contribution is -0.141. The Kier molecular flexibility index (Phi) is 3.36. The van der Waals surface area contributed by atoms with Crippen LogP contribution in [0.1, 0.15) is 43.7 Å². The van der Waals surface area contributed by atoms with Crippen molar-refractivity contribution in [1.29, 1.82) is 0 Å². The second kappa shape index (κ2) is 4.53. The minimum atomic E-state index is -4.46. The standard InChI is InChI=1S/C13H16F3NO/c1-12(18,7-9-3-2-4-9)11-8-17-6-5-10(11)13(14,15)16/h5-6,8-9,18H,2-4,7H2,1H3. The fraction of sp³-hybridized carbons (Fsp3) is 0.615. The number of rotatable bonds is 3. The van der Waals surface area contributed by atoms with Crippen LogP contribution in [0, 0.1) is 5.92 Å². The van der Waals surface area contributed by atoms with Crippen molar-refractivity contribution in [2.75, 3.05) is 0 Å². The van der Waals surface area contributed by atoms with Gasteiger partial charge in [0, 0.05) is 18.0 Å². The minimum absolute atomic E-state index is 0.121. The van der Waals surface area contributed by atoms with E-state index in [0.717, 1.165) is 37.7 Å². The van der Waals surface area contributed by atoms with Gasteiger partial charge in [0.25, 0.3) is 0 Å². The van der Waals surface area contributed by atoms with Crippen molar-refractivity contribution < 1.29 is 18.3 Å². The summed E-state index contributed by atoms with van der Waals surface area (Å²) in [6.45, 7) is 1.44. The second-order valence-corrected chi connectivity index (χ2v) is 5.19. The van der Waals surface area contributed by atoms with Crippen LogP contribution in [0.5, 0.6) is 0 Å². The van der Waals surface area contributed by atoms with Crippen molar-refractivity contribution in [3.63, 3.8) is 0 Å². The van der Waals surface area contributed by atoms with Crippen molar-refractivity contribution in [2.24, 2.45) is 5.92 Å². The topological polar surface area (TPSA) is 33.1 Å². The van der Waals surface area contributed by atoms with Crippen molar-refractivity contribution >= 4 is 0 Å².